The Morgan fingerprint density at radius 2 is 1.06 bits per heavy atom. The van der Waals surface area contributed by atoms with Crippen LogP contribution in [0.5, 0.6) is 0 Å². The Morgan fingerprint density at radius 3 is 1.29 bits per heavy atom. The third kappa shape index (κ3) is 1.89. The first-order chi connectivity index (χ1) is 8.32. The van der Waals surface area contributed by atoms with Gasteiger partial charge in [0.25, 0.3) is 0 Å². The van der Waals surface area contributed by atoms with E-state index < -0.39 is 13.5 Å². The Bertz CT molecular complexity index is 532. The monoisotopic (exact) mass is 340 g/mol. The molecular formula is C12H9AsOS3. The van der Waals surface area contributed by atoms with Gasteiger partial charge in [0.1, 0.15) is 0 Å². The fourth-order valence-electron chi connectivity index (χ4n) is 1.67. The average molecular weight is 340 g/mol. The molecule has 5 heteroatoms. The fourth-order valence-corrected chi connectivity index (χ4v) is 14.6. The van der Waals surface area contributed by atoms with Crippen LogP contribution in [0.2, 0.25) is 0 Å². The summed E-state index contributed by atoms with van der Waals surface area (Å²) >= 11 is 1.49. The van der Waals surface area contributed by atoms with Gasteiger partial charge in [0.2, 0.25) is 0 Å². The third-order valence-corrected chi connectivity index (χ3v) is 15.3. The van der Waals surface area contributed by atoms with Crippen molar-refractivity contribution < 1.29 is 3.74 Å². The van der Waals surface area contributed by atoms with Crippen molar-refractivity contribution in [2.45, 2.75) is 0 Å². The Hall–Kier alpha value is -0.542. The molecular weight excluding hydrogens is 331 g/mol. The summed E-state index contributed by atoms with van der Waals surface area (Å²) in [5.41, 5.74) is 0. The number of thiophene rings is 3. The molecule has 0 aliphatic carbocycles. The van der Waals surface area contributed by atoms with Crippen molar-refractivity contribution in [2.75, 3.05) is 0 Å². The minimum atomic E-state index is -3.32. The first-order valence-electron chi connectivity index (χ1n) is 5.04. The van der Waals surface area contributed by atoms with Crippen LogP contribution < -0.4 is 11.0 Å². The zero-order chi connectivity index (χ0) is 11.7. The van der Waals surface area contributed by atoms with Crippen molar-refractivity contribution in [1.29, 1.82) is 0 Å². The topological polar surface area (TPSA) is 17.1 Å². The number of hydrogen-bond donors (Lipinski definition) is 0. The zero-order valence-corrected chi connectivity index (χ0v) is 13.1. The first-order valence-corrected chi connectivity index (χ1v) is 11.3. The molecule has 86 valence electrons. The molecule has 0 unspecified atom stereocenters. The molecule has 0 saturated carbocycles. The van der Waals surface area contributed by atoms with E-state index in [2.05, 4.69) is 0 Å². The average Bonchev–Trinajstić information content (AvgIpc) is 3.10. The molecule has 0 aliphatic rings. The SMILES string of the molecule is O=[As](c1cccs1)(c1cccs1)c1cccs1. The maximum absolute atomic E-state index is 13.5. The van der Waals surface area contributed by atoms with E-state index in [1.165, 1.54) is 0 Å². The van der Waals surface area contributed by atoms with E-state index in [0.717, 1.165) is 11.0 Å². The van der Waals surface area contributed by atoms with Crippen LogP contribution >= 0.6 is 34.0 Å². The van der Waals surface area contributed by atoms with Gasteiger partial charge in [0.15, 0.2) is 0 Å². The molecule has 3 heterocycles. The van der Waals surface area contributed by atoms with Gasteiger partial charge >= 0.3 is 115 Å². The molecule has 0 bridgehead atoms. The number of rotatable bonds is 3. The Balaban J connectivity index is 2.26. The van der Waals surface area contributed by atoms with E-state index in [1.807, 2.05) is 52.5 Å². The molecule has 0 aromatic carbocycles. The van der Waals surface area contributed by atoms with E-state index in [0.29, 0.717) is 0 Å². The van der Waals surface area contributed by atoms with E-state index in [9.17, 15) is 3.74 Å². The summed E-state index contributed by atoms with van der Waals surface area (Å²) in [6.45, 7) is 0. The Kier molecular flexibility index (Phi) is 3.13. The molecule has 0 spiro atoms. The molecule has 0 radical (unpaired) electrons. The van der Waals surface area contributed by atoms with Crippen molar-refractivity contribution >= 4 is 58.5 Å². The molecule has 0 fully saturated rings. The summed E-state index contributed by atoms with van der Waals surface area (Å²) in [6, 6.07) is 12.0. The first kappa shape index (κ1) is 11.5. The van der Waals surface area contributed by atoms with Crippen LogP contribution in [-0.2, 0) is 3.74 Å². The van der Waals surface area contributed by atoms with Gasteiger partial charge < -0.3 is 0 Å². The molecule has 0 amide bonds. The van der Waals surface area contributed by atoms with Gasteiger partial charge in [-0.25, -0.2) is 0 Å². The predicted octanol–water partition coefficient (Wildman–Crippen LogP) is 2.27. The summed E-state index contributed by atoms with van der Waals surface area (Å²) in [6.07, 6.45) is 0. The van der Waals surface area contributed by atoms with Gasteiger partial charge in [-0.15, -0.1) is 0 Å². The van der Waals surface area contributed by atoms with Gasteiger partial charge in [-0.05, 0) is 0 Å². The van der Waals surface area contributed by atoms with Gasteiger partial charge in [-0.2, -0.15) is 0 Å². The molecule has 3 aromatic heterocycles. The molecule has 0 aliphatic heterocycles. The molecule has 0 N–H and O–H groups in total. The summed E-state index contributed by atoms with van der Waals surface area (Å²) in [7, 11) is 0. The third-order valence-electron chi connectivity index (χ3n) is 2.45. The van der Waals surface area contributed by atoms with Gasteiger partial charge in [0.05, 0.1) is 0 Å². The van der Waals surface area contributed by atoms with E-state index >= 15 is 0 Å². The molecule has 1 nitrogen and oxygen atoms in total. The van der Waals surface area contributed by atoms with Crippen LogP contribution in [0.25, 0.3) is 0 Å². The van der Waals surface area contributed by atoms with Crippen LogP contribution in [0.3, 0.4) is 0 Å². The van der Waals surface area contributed by atoms with Crippen LogP contribution in [0, 0.1) is 0 Å². The minimum absolute atomic E-state index is 1.04. The van der Waals surface area contributed by atoms with E-state index in [1.54, 1.807) is 34.0 Å². The quantitative estimate of drug-likeness (QED) is 0.669. The number of hydrogen-bond acceptors (Lipinski definition) is 4. The van der Waals surface area contributed by atoms with Crippen LogP contribution in [-0.4, -0.2) is 13.5 Å². The second-order valence-corrected chi connectivity index (χ2v) is 13.9. The van der Waals surface area contributed by atoms with E-state index in [-0.39, 0.29) is 0 Å². The molecule has 17 heavy (non-hydrogen) atoms. The molecule has 3 rings (SSSR count). The van der Waals surface area contributed by atoms with Crippen molar-refractivity contribution in [3.8, 4) is 0 Å². The van der Waals surface area contributed by atoms with Gasteiger partial charge in [-0.3, -0.25) is 0 Å². The zero-order valence-electron chi connectivity index (χ0n) is 8.78. The van der Waals surface area contributed by atoms with E-state index in [4.69, 9.17) is 0 Å². The Morgan fingerprint density at radius 1 is 0.706 bits per heavy atom. The standard InChI is InChI=1S/C12H9AsOS3/c14-13(10-4-1-7-15-10,11-5-2-8-16-11)12-6-3-9-17-12/h1-9H. The summed E-state index contributed by atoms with van der Waals surface area (Å²) in [4.78, 5) is 0. The molecule has 0 saturated heterocycles. The second kappa shape index (κ2) is 4.62. The maximum atomic E-state index is 13.5. The Labute approximate surface area is 114 Å². The molecule has 3 aromatic rings. The summed E-state index contributed by atoms with van der Waals surface area (Å²) < 4.78 is 16.6. The van der Waals surface area contributed by atoms with Crippen LogP contribution in [0.4, 0.5) is 0 Å². The summed E-state index contributed by atoms with van der Waals surface area (Å²) in [5, 5.41) is 6.01. The second-order valence-electron chi connectivity index (χ2n) is 3.46. The fraction of sp³-hybridized carbons (Fsp3) is 0. The summed E-state index contributed by atoms with van der Waals surface area (Å²) in [5.74, 6) is 0. The van der Waals surface area contributed by atoms with Crippen molar-refractivity contribution in [3.63, 3.8) is 0 Å². The molecule has 0 atom stereocenters. The van der Waals surface area contributed by atoms with Gasteiger partial charge in [0, 0.05) is 0 Å². The van der Waals surface area contributed by atoms with Crippen LogP contribution in [0.1, 0.15) is 0 Å². The van der Waals surface area contributed by atoms with Crippen LogP contribution in [0.15, 0.2) is 52.5 Å². The van der Waals surface area contributed by atoms with Gasteiger partial charge in [-0.1, -0.05) is 0 Å². The van der Waals surface area contributed by atoms with Crippen molar-refractivity contribution in [1.82, 2.24) is 0 Å². The van der Waals surface area contributed by atoms with Crippen molar-refractivity contribution in [2.24, 2.45) is 0 Å². The normalized spacial score (nSPS) is 11.8. The predicted molar refractivity (Wildman–Crippen MR) is 78.3 cm³/mol. The van der Waals surface area contributed by atoms with Crippen molar-refractivity contribution in [3.05, 3.63) is 52.5 Å².